The second kappa shape index (κ2) is 8.34. The first-order chi connectivity index (χ1) is 15.0. The maximum Gasteiger partial charge on any atom is 0.410 e. The Hall–Kier alpha value is -2.11. The van der Waals surface area contributed by atoms with Crippen molar-refractivity contribution in [2.45, 2.75) is 77.1 Å². The fourth-order valence-electron chi connectivity index (χ4n) is 5.29. The first-order valence-electron chi connectivity index (χ1n) is 11.8. The lowest BCUT2D eigenvalue weighted by Gasteiger charge is -2.44. The Labute approximate surface area is 194 Å². The number of ether oxygens (including phenoxy) is 1. The molecule has 1 saturated heterocycles. The van der Waals surface area contributed by atoms with E-state index < -0.39 is 13.9 Å². The van der Waals surface area contributed by atoms with Crippen molar-refractivity contribution in [1.82, 2.24) is 4.90 Å². The zero-order valence-electron chi connectivity index (χ0n) is 20.3. The van der Waals surface area contributed by atoms with Gasteiger partial charge in [0.1, 0.15) is 5.60 Å². The van der Waals surface area contributed by atoms with Gasteiger partial charge in [-0.3, -0.25) is 4.90 Å². The molecule has 5 heteroatoms. The van der Waals surface area contributed by atoms with Crippen molar-refractivity contribution in [3.8, 4) is 0 Å². The van der Waals surface area contributed by atoms with Crippen molar-refractivity contribution in [2.24, 2.45) is 5.92 Å². The molecule has 1 saturated carbocycles. The van der Waals surface area contributed by atoms with E-state index in [2.05, 4.69) is 81.4 Å². The molecule has 4 nitrogen and oxygen atoms in total. The lowest BCUT2D eigenvalue weighted by molar-refractivity contribution is 0.0135. The Morgan fingerprint density at radius 2 is 1.44 bits per heavy atom. The molecular formula is C27H37NO3Si. The van der Waals surface area contributed by atoms with Gasteiger partial charge in [-0.05, 0) is 54.9 Å². The van der Waals surface area contributed by atoms with Gasteiger partial charge >= 0.3 is 6.09 Å². The number of hydrogen-bond acceptors (Lipinski definition) is 3. The summed E-state index contributed by atoms with van der Waals surface area (Å²) in [4.78, 5) is 15.0. The topological polar surface area (TPSA) is 38.8 Å². The summed E-state index contributed by atoms with van der Waals surface area (Å²) in [5.41, 5.74) is -0.493. The summed E-state index contributed by atoms with van der Waals surface area (Å²) < 4.78 is 12.9. The maximum absolute atomic E-state index is 13.0. The van der Waals surface area contributed by atoms with E-state index in [4.69, 9.17) is 9.16 Å². The van der Waals surface area contributed by atoms with Crippen molar-refractivity contribution in [1.29, 1.82) is 0 Å². The van der Waals surface area contributed by atoms with E-state index in [0.717, 1.165) is 12.8 Å². The zero-order chi connectivity index (χ0) is 23.1. The standard InChI is InChI=1S/C27H37NO3Si/c1-26(2,3)31-25(29)28-21(17-20-18-24(20)28)19-30-32(27(4,5)6,22-13-9-7-10-14-22)23-15-11-8-12-16-23/h7-16,20-21,24H,17-19H2,1-6H3/t20-,21-,24+/m1/s1. The van der Waals surface area contributed by atoms with Gasteiger partial charge in [0, 0.05) is 6.04 Å². The fourth-order valence-corrected chi connectivity index (χ4v) is 9.89. The molecule has 1 aliphatic heterocycles. The van der Waals surface area contributed by atoms with E-state index in [-0.39, 0.29) is 17.2 Å². The summed E-state index contributed by atoms with van der Waals surface area (Å²) in [7, 11) is -2.61. The van der Waals surface area contributed by atoms with Crippen LogP contribution in [-0.4, -0.2) is 43.6 Å². The van der Waals surface area contributed by atoms with Gasteiger partial charge in [-0.1, -0.05) is 81.4 Å². The maximum atomic E-state index is 13.0. The first kappa shape index (κ1) is 23.1. The number of likely N-dealkylation sites (tertiary alicyclic amines) is 1. The fraction of sp³-hybridized carbons (Fsp3) is 0.519. The van der Waals surface area contributed by atoms with Crippen LogP contribution in [0.1, 0.15) is 54.4 Å². The molecular weight excluding hydrogens is 414 g/mol. The van der Waals surface area contributed by atoms with E-state index in [9.17, 15) is 4.79 Å². The van der Waals surface area contributed by atoms with Crippen LogP contribution in [0.4, 0.5) is 4.79 Å². The molecule has 32 heavy (non-hydrogen) atoms. The second-order valence-corrected chi connectivity index (χ2v) is 15.6. The normalized spacial score (nSPS) is 23.1. The van der Waals surface area contributed by atoms with Gasteiger partial charge in [-0.2, -0.15) is 0 Å². The van der Waals surface area contributed by atoms with Crippen LogP contribution in [0, 0.1) is 5.92 Å². The predicted molar refractivity (Wildman–Crippen MR) is 132 cm³/mol. The van der Waals surface area contributed by atoms with Crippen LogP contribution in [0.25, 0.3) is 0 Å². The number of amides is 1. The number of hydrogen-bond donors (Lipinski definition) is 0. The van der Waals surface area contributed by atoms with Crippen LogP contribution in [0.2, 0.25) is 5.04 Å². The number of fused-ring (bicyclic) bond motifs is 1. The SMILES string of the molecule is CC(C)(C)OC(=O)N1[C@@H](CO[Si](c2ccccc2)(c2ccccc2)C(C)(C)C)C[C@@H]2C[C@@H]21. The lowest BCUT2D eigenvalue weighted by Crippen LogP contribution is -2.67. The second-order valence-electron chi connectivity index (χ2n) is 11.3. The third kappa shape index (κ3) is 4.37. The van der Waals surface area contributed by atoms with Gasteiger partial charge in [-0.25, -0.2) is 4.79 Å². The molecule has 172 valence electrons. The Balaban J connectivity index is 1.66. The number of carbonyl (C=O) groups excluding carboxylic acids is 1. The van der Waals surface area contributed by atoms with E-state index in [1.165, 1.54) is 10.4 Å². The van der Waals surface area contributed by atoms with E-state index in [0.29, 0.717) is 18.6 Å². The van der Waals surface area contributed by atoms with Crippen molar-refractivity contribution in [3.05, 3.63) is 60.7 Å². The number of piperidine rings is 1. The third-order valence-electron chi connectivity index (χ3n) is 6.72. The highest BCUT2D eigenvalue weighted by molar-refractivity contribution is 6.99. The highest BCUT2D eigenvalue weighted by Crippen LogP contribution is 2.49. The summed E-state index contributed by atoms with van der Waals surface area (Å²) in [6, 6.07) is 21.8. The van der Waals surface area contributed by atoms with Crippen LogP contribution >= 0.6 is 0 Å². The molecule has 0 aromatic heterocycles. The van der Waals surface area contributed by atoms with Crippen LogP contribution in [0.15, 0.2) is 60.7 Å². The lowest BCUT2D eigenvalue weighted by atomic mass is 10.2. The summed E-state index contributed by atoms with van der Waals surface area (Å²) >= 11 is 0. The number of carbonyl (C=O) groups is 1. The van der Waals surface area contributed by atoms with Crippen molar-refractivity contribution in [3.63, 3.8) is 0 Å². The summed E-state index contributed by atoms with van der Waals surface area (Å²) in [6.45, 7) is 13.2. The molecule has 1 aliphatic carbocycles. The first-order valence-corrected chi connectivity index (χ1v) is 13.7. The van der Waals surface area contributed by atoms with Gasteiger partial charge in [0.05, 0.1) is 12.6 Å². The van der Waals surface area contributed by atoms with Gasteiger partial charge in [0.2, 0.25) is 0 Å². The summed E-state index contributed by atoms with van der Waals surface area (Å²) in [6.07, 6.45) is 1.90. The van der Waals surface area contributed by atoms with E-state index in [1.807, 2.05) is 25.7 Å². The highest BCUT2D eigenvalue weighted by Gasteiger charge is 2.57. The number of nitrogens with zero attached hydrogens (tertiary/aromatic N) is 1. The smallest absolute Gasteiger partial charge is 0.410 e. The molecule has 0 N–H and O–H groups in total. The third-order valence-corrected chi connectivity index (χ3v) is 11.7. The molecule has 0 radical (unpaired) electrons. The van der Waals surface area contributed by atoms with Gasteiger partial charge in [-0.15, -0.1) is 0 Å². The Kier molecular flexibility index (Phi) is 6.01. The molecule has 0 bridgehead atoms. The number of benzene rings is 2. The molecule has 3 atom stereocenters. The average molecular weight is 452 g/mol. The van der Waals surface area contributed by atoms with Crippen LogP contribution < -0.4 is 10.4 Å². The minimum absolute atomic E-state index is 0.0650. The summed E-state index contributed by atoms with van der Waals surface area (Å²) in [5.74, 6) is 0.593. The largest absolute Gasteiger partial charge is 0.444 e. The Morgan fingerprint density at radius 1 is 0.906 bits per heavy atom. The minimum atomic E-state index is -2.61. The number of rotatable bonds is 5. The van der Waals surface area contributed by atoms with Crippen molar-refractivity contribution >= 4 is 24.8 Å². The van der Waals surface area contributed by atoms with E-state index >= 15 is 0 Å². The highest BCUT2D eigenvalue weighted by atomic mass is 28.4. The predicted octanol–water partition coefficient (Wildman–Crippen LogP) is 4.96. The molecule has 1 heterocycles. The molecule has 2 aromatic rings. The van der Waals surface area contributed by atoms with Crippen LogP contribution in [-0.2, 0) is 9.16 Å². The quantitative estimate of drug-likeness (QED) is 0.603. The van der Waals surface area contributed by atoms with Gasteiger partial charge in [0.15, 0.2) is 0 Å². The monoisotopic (exact) mass is 451 g/mol. The van der Waals surface area contributed by atoms with Gasteiger partial charge < -0.3 is 9.16 Å². The van der Waals surface area contributed by atoms with Crippen LogP contribution in [0.3, 0.4) is 0 Å². The van der Waals surface area contributed by atoms with Crippen molar-refractivity contribution < 1.29 is 14.0 Å². The minimum Gasteiger partial charge on any atom is -0.444 e. The molecule has 2 aliphatic rings. The van der Waals surface area contributed by atoms with E-state index in [1.54, 1.807) is 0 Å². The molecule has 0 unspecified atom stereocenters. The molecule has 2 aromatic carbocycles. The summed E-state index contributed by atoms with van der Waals surface area (Å²) in [5, 5.41) is 2.46. The molecule has 0 spiro atoms. The average Bonchev–Trinajstić information content (AvgIpc) is 3.37. The molecule has 2 fully saturated rings. The Bertz CT molecular complexity index is 893. The Morgan fingerprint density at radius 3 is 1.91 bits per heavy atom. The van der Waals surface area contributed by atoms with Crippen molar-refractivity contribution in [2.75, 3.05) is 6.61 Å². The molecule has 4 rings (SSSR count). The zero-order valence-corrected chi connectivity index (χ0v) is 21.3. The van der Waals surface area contributed by atoms with Gasteiger partial charge in [0.25, 0.3) is 8.32 Å². The molecule has 1 amide bonds. The van der Waals surface area contributed by atoms with Crippen LogP contribution in [0.5, 0.6) is 0 Å².